The van der Waals surface area contributed by atoms with Gasteiger partial charge >= 0.3 is 0 Å². The second kappa shape index (κ2) is 6.32. The fourth-order valence-corrected chi connectivity index (χ4v) is 2.04. The van der Waals surface area contributed by atoms with Gasteiger partial charge in [-0.05, 0) is 24.0 Å². The molecule has 0 saturated heterocycles. The molecule has 0 aliphatic carbocycles. The minimum atomic E-state index is -0.281. The van der Waals surface area contributed by atoms with Gasteiger partial charge in [0.2, 0.25) is 5.82 Å². The van der Waals surface area contributed by atoms with E-state index in [1.807, 2.05) is 24.3 Å². The topological polar surface area (TPSA) is 70.7 Å². The predicted octanol–water partition coefficient (Wildman–Crippen LogP) is 3.13. The van der Waals surface area contributed by atoms with Crippen LogP contribution < -0.4 is 5.32 Å². The number of nitrogens with zero attached hydrogens (tertiary/aromatic N) is 2. The van der Waals surface area contributed by atoms with E-state index >= 15 is 0 Å². The summed E-state index contributed by atoms with van der Waals surface area (Å²) in [6, 6.07) is 7.78. The summed E-state index contributed by atoms with van der Waals surface area (Å²) in [7, 11) is 0. The Kier molecular flexibility index (Phi) is 4.50. The lowest BCUT2D eigenvalue weighted by Crippen LogP contribution is -2.15. The Morgan fingerprint density at radius 2 is 2.10 bits per heavy atom. The lowest BCUT2D eigenvalue weighted by atomic mass is 10.0. The van der Waals surface area contributed by atoms with Gasteiger partial charge in [-0.2, -0.15) is 0 Å². The number of aromatic amines is 1. The molecule has 0 fully saturated rings. The number of hydrogen-bond donors (Lipinski definition) is 2. The third-order valence-corrected chi connectivity index (χ3v) is 3.05. The Bertz CT molecular complexity index is 589. The van der Waals surface area contributed by atoms with Gasteiger partial charge in [0.15, 0.2) is 0 Å². The van der Waals surface area contributed by atoms with Gasteiger partial charge in [0.25, 0.3) is 5.91 Å². The van der Waals surface area contributed by atoms with Gasteiger partial charge in [-0.1, -0.05) is 39.0 Å². The van der Waals surface area contributed by atoms with Crippen molar-refractivity contribution in [2.75, 3.05) is 5.32 Å². The normalized spacial score (nSPS) is 10.8. The molecule has 5 nitrogen and oxygen atoms in total. The SMILES string of the molecule is CCCc1nc(C(=O)Nc2ccccc2C(C)C)n[nH]1. The van der Waals surface area contributed by atoms with E-state index in [2.05, 4.69) is 41.3 Å². The molecule has 5 heteroatoms. The predicted molar refractivity (Wildman–Crippen MR) is 78.9 cm³/mol. The molecule has 0 spiro atoms. The molecule has 106 valence electrons. The van der Waals surface area contributed by atoms with E-state index in [4.69, 9.17) is 0 Å². The minimum absolute atomic E-state index is 0.187. The zero-order chi connectivity index (χ0) is 14.5. The van der Waals surface area contributed by atoms with Crippen LogP contribution in [0.2, 0.25) is 0 Å². The van der Waals surface area contributed by atoms with E-state index in [0.717, 1.165) is 29.9 Å². The highest BCUT2D eigenvalue weighted by atomic mass is 16.2. The van der Waals surface area contributed by atoms with E-state index in [9.17, 15) is 4.79 Å². The van der Waals surface area contributed by atoms with Crippen molar-refractivity contribution in [2.24, 2.45) is 0 Å². The first-order valence-corrected chi connectivity index (χ1v) is 6.93. The van der Waals surface area contributed by atoms with Crippen molar-refractivity contribution >= 4 is 11.6 Å². The molecule has 0 atom stereocenters. The smallest absolute Gasteiger partial charge is 0.295 e. The lowest BCUT2D eigenvalue weighted by Gasteiger charge is -2.12. The summed E-state index contributed by atoms with van der Waals surface area (Å²) < 4.78 is 0. The fraction of sp³-hybridized carbons (Fsp3) is 0.400. The van der Waals surface area contributed by atoms with Crippen LogP contribution in [0.5, 0.6) is 0 Å². The van der Waals surface area contributed by atoms with Gasteiger partial charge in [0.05, 0.1) is 0 Å². The maximum absolute atomic E-state index is 12.2. The molecule has 0 aliphatic heterocycles. The molecule has 0 aliphatic rings. The van der Waals surface area contributed by atoms with Crippen LogP contribution in [0.1, 0.15) is 55.1 Å². The van der Waals surface area contributed by atoms with Crippen LogP contribution >= 0.6 is 0 Å². The van der Waals surface area contributed by atoms with Crippen molar-refractivity contribution in [1.82, 2.24) is 15.2 Å². The van der Waals surface area contributed by atoms with Gasteiger partial charge in [-0.15, -0.1) is 5.10 Å². The minimum Gasteiger partial charge on any atom is -0.319 e. The van der Waals surface area contributed by atoms with Crippen LogP contribution in [0.3, 0.4) is 0 Å². The highest BCUT2D eigenvalue weighted by Crippen LogP contribution is 2.23. The Balaban J connectivity index is 2.15. The summed E-state index contributed by atoms with van der Waals surface area (Å²) in [6.45, 7) is 6.25. The number of amides is 1. The fourth-order valence-electron chi connectivity index (χ4n) is 2.04. The maximum Gasteiger partial charge on any atom is 0.295 e. The van der Waals surface area contributed by atoms with Gasteiger partial charge in [-0.25, -0.2) is 4.98 Å². The first-order chi connectivity index (χ1) is 9.61. The number of nitrogens with one attached hydrogen (secondary N) is 2. The number of benzene rings is 1. The molecule has 2 aromatic rings. The number of anilines is 1. The van der Waals surface area contributed by atoms with E-state index < -0.39 is 0 Å². The summed E-state index contributed by atoms with van der Waals surface area (Å²) in [6.07, 6.45) is 1.76. The van der Waals surface area contributed by atoms with Gasteiger partial charge in [0, 0.05) is 12.1 Å². The molecular weight excluding hydrogens is 252 g/mol. The molecular formula is C15H20N4O. The third kappa shape index (κ3) is 3.23. The molecule has 0 radical (unpaired) electrons. The number of aromatic nitrogens is 3. The van der Waals surface area contributed by atoms with E-state index in [1.54, 1.807) is 0 Å². The van der Waals surface area contributed by atoms with Crippen molar-refractivity contribution in [2.45, 2.75) is 39.5 Å². The number of carbonyl (C=O) groups is 1. The van der Waals surface area contributed by atoms with Crippen LogP contribution in [0.15, 0.2) is 24.3 Å². The molecule has 0 unspecified atom stereocenters. The quantitative estimate of drug-likeness (QED) is 0.878. The largest absolute Gasteiger partial charge is 0.319 e. The van der Waals surface area contributed by atoms with Crippen LogP contribution in [-0.4, -0.2) is 21.1 Å². The molecule has 1 heterocycles. The molecule has 2 rings (SSSR count). The van der Waals surface area contributed by atoms with Gasteiger partial charge in [0.1, 0.15) is 5.82 Å². The zero-order valence-corrected chi connectivity index (χ0v) is 12.1. The number of rotatable bonds is 5. The summed E-state index contributed by atoms with van der Waals surface area (Å²) in [4.78, 5) is 16.3. The monoisotopic (exact) mass is 272 g/mol. The van der Waals surface area contributed by atoms with E-state index in [0.29, 0.717) is 5.92 Å². The number of carbonyl (C=O) groups excluding carboxylic acids is 1. The molecule has 0 saturated carbocycles. The summed E-state index contributed by atoms with van der Waals surface area (Å²) >= 11 is 0. The number of para-hydroxylation sites is 1. The number of hydrogen-bond acceptors (Lipinski definition) is 3. The Labute approximate surface area is 118 Å². The molecule has 0 bridgehead atoms. The molecule has 1 aromatic carbocycles. The van der Waals surface area contributed by atoms with Crippen LogP contribution in [0.4, 0.5) is 5.69 Å². The molecule has 1 amide bonds. The molecule has 2 N–H and O–H groups in total. The van der Waals surface area contributed by atoms with E-state index in [1.165, 1.54) is 0 Å². The van der Waals surface area contributed by atoms with Gasteiger partial charge < -0.3 is 5.32 Å². The second-order valence-electron chi connectivity index (χ2n) is 5.05. The van der Waals surface area contributed by atoms with Gasteiger partial charge in [-0.3, -0.25) is 9.89 Å². The van der Waals surface area contributed by atoms with E-state index in [-0.39, 0.29) is 11.7 Å². The summed E-state index contributed by atoms with van der Waals surface area (Å²) in [5.41, 5.74) is 1.92. The average Bonchev–Trinajstić information content (AvgIpc) is 2.88. The van der Waals surface area contributed by atoms with Crippen molar-refractivity contribution in [3.05, 3.63) is 41.5 Å². The first kappa shape index (κ1) is 14.2. The van der Waals surface area contributed by atoms with Crippen molar-refractivity contribution in [1.29, 1.82) is 0 Å². The first-order valence-electron chi connectivity index (χ1n) is 6.93. The third-order valence-electron chi connectivity index (χ3n) is 3.05. The molecule has 20 heavy (non-hydrogen) atoms. The maximum atomic E-state index is 12.2. The van der Waals surface area contributed by atoms with Crippen molar-refractivity contribution in [3.8, 4) is 0 Å². The Morgan fingerprint density at radius 1 is 1.35 bits per heavy atom. The number of aryl methyl sites for hydroxylation is 1. The van der Waals surface area contributed by atoms with Crippen molar-refractivity contribution < 1.29 is 4.79 Å². The average molecular weight is 272 g/mol. The van der Waals surface area contributed by atoms with Crippen LogP contribution in [0, 0.1) is 0 Å². The summed E-state index contributed by atoms with van der Waals surface area (Å²) in [5, 5.41) is 9.63. The standard InChI is InChI=1S/C15H20N4O/c1-4-7-13-17-14(19-18-13)15(20)16-12-9-6-5-8-11(12)10(2)3/h5-6,8-10H,4,7H2,1-3H3,(H,16,20)(H,17,18,19). The highest BCUT2D eigenvalue weighted by Gasteiger charge is 2.14. The van der Waals surface area contributed by atoms with Crippen molar-refractivity contribution in [3.63, 3.8) is 0 Å². The lowest BCUT2D eigenvalue weighted by molar-refractivity contribution is 0.101. The number of H-pyrrole nitrogens is 1. The van der Waals surface area contributed by atoms with Crippen LogP contribution in [-0.2, 0) is 6.42 Å². The Hall–Kier alpha value is -2.17. The Morgan fingerprint density at radius 3 is 2.80 bits per heavy atom. The van der Waals surface area contributed by atoms with Crippen LogP contribution in [0.25, 0.3) is 0 Å². The molecule has 1 aromatic heterocycles. The highest BCUT2D eigenvalue weighted by molar-refractivity contribution is 6.01. The second-order valence-corrected chi connectivity index (χ2v) is 5.05. The zero-order valence-electron chi connectivity index (χ0n) is 12.1. The summed E-state index contributed by atoms with van der Waals surface area (Å²) in [5.74, 6) is 0.993.